The maximum atomic E-state index is 13.4. The highest BCUT2D eigenvalue weighted by Crippen LogP contribution is 2.30. The van der Waals surface area contributed by atoms with E-state index in [4.69, 9.17) is 0 Å². The molecule has 0 amide bonds. The summed E-state index contributed by atoms with van der Waals surface area (Å²) in [4.78, 5) is 12.4. The van der Waals surface area contributed by atoms with E-state index in [0.29, 0.717) is 23.7 Å². The first kappa shape index (κ1) is 28.3. The van der Waals surface area contributed by atoms with Crippen molar-refractivity contribution in [2.24, 2.45) is 0 Å². The SMILES string of the molecule is CCCCCCN(CCCCCC)S(=O)(=O)c1ccc(SCc2ccc(F)cc2)c(C(=O)O)c1. The van der Waals surface area contributed by atoms with Gasteiger partial charge in [-0.15, -0.1) is 11.8 Å². The Morgan fingerprint density at radius 2 is 1.50 bits per heavy atom. The summed E-state index contributed by atoms with van der Waals surface area (Å²) < 4.78 is 41.5. The number of hydrogen-bond donors (Lipinski definition) is 1. The van der Waals surface area contributed by atoms with E-state index in [1.165, 1.54) is 40.3 Å². The number of benzene rings is 2. The first-order chi connectivity index (χ1) is 16.3. The number of halogens is 1. The van der Waals surface area contributed by atoms with Crippen molar-refractivity contribution in [3.8, 4) is 0 Å². The molecule has 0 saturated carbocycles. The zero-order valence-electron chi connectivity index (χ0n) is 20.1. The molecular formula is C26H36FNO4S2. The molecule has 0 radical (unpaired) electrons. The monoisotopic (exact) mass is 509 g/mol. The van der Waals surface area contributed by atoms with Gasteiger partial charge in [0.15, 0.2) is 0 Å². The quantitative estimate of drug-likeness (QED) is 0.195. The molecule has 0 atom stereocenters. The third-order valence-electron chi connectivity index (χ3n) is 5.65. The van der Waals surface area contributed by atoms with E-state index in [1.54, 1.807) is 18.2 Å². The van der Waals surface area contributed by atoms with E-state index in [9.17, 15) is 22.7 Å². The van der Waals surface area contributed by atoms with E-state index in [2.05, 4.69) is 13.8 Å². The number of aromatic carboxylic acids is 1. The third kappa shape index (κ3) is 8.71. The third-order valence-corrected chi connectivity index (χ3v) is 8.69. The van der Waals surface area contributed by atoms with Crippen LogP contribution >= 0.6 is 11.8 Å². The van der Waals surface area contributed by atoms with Crippen LogP contribution in [0.25, 0.3) is 0 Å². The van der Waals surface area contributed by atoms with E-state index in [1.807, 2.05) is 0 Å². The fourth-order valence-corrected chi connectivity index (χ4v) is 6.16. The average molecular weight is 510 g/mol. The van der Waals surface area contributed by atoms with Crippen molar-refractivity contribution in [2.75, 3.05) is 13.1 Å². The molecule has 0 fully saturated rings. The highest BCUT2D eigenvalue weighted by Gasteiger charge is 2.26. The molecule has 0 aliphatic heterocycles. The Hall–Kier alpha value is -1.90. The van der Waals surface area contributed by atoms with Crippen LogP contribution in [0.4, 0.5) is 4.39 Å². The molecule has 2 rings (SSSR count). The van der Waals surface area contributed by atoms with Gasteiger partial charge in [-0.1, -0.05) is 64.5 Å². The molecule has 0 bridgehead atoms. The van der Waals surface area contributed by atoms with Crippen LogP contribution in [0.3, 0.4) is 0 Å². The van der Waals surface area contributed by atoms with Gasteiger partial charge in [-0.3, -0.25) is 0 Å². The Labute approximate surface area is 207 Å². The maximum absolute atomic E-state index is 13.4. The van der Waals surface area contributed by atoms with Crippen LogP contribution in [0.2, 0.25) is 0 Å². The Morgan fingerprint density at radius 3 is 2.03 bits per heavy atom. The zero-order chi connectivity index (χ0) is 25.0. The summed E-state index contributed by atoms with van der Waals surface area (Å²) in [6.07, 6.45) is 7.79. The van der Waals surface area contributed by atoms with Crippen LogP contribution in [0, 0.1) is 5.82 Å². The van der Waals surface area contributed by atoms with Gasteiger partial charge in [0, 0.05) is 23.7 Å². The number of nitrogens with zero attached hydrogens (tertiary/aromatic N) is 1. The summed E-state index contributed by atoms with van der Waals surface area (Å²) in [7, 11) is -3.80. The van der Waals surface area contributed by atoms with Gasteiger partial charge in [0.05, 0.1) is 10.5 Å². The molecule has 5 nitrogen and oxygen atoms in total. The molecule has 1 N–H and O–H groups in total. The number of hydrogen-bond acceptors (Lipinski definition) is 4. The summed E-state index contributed by atoms with van der Waals surface area (Å²) in [5, 5.41) is 9.76. The molecule has 0 heterocycles. The molecule has 2 aromatic carbocycles. The first-order valence-electron chi connectivity index (χ1n) is 12.0. The number of carboxylic acids is 1. The van der Waals surface area contributed by atoms with Crippen LogP contribution in [0.1, 0.15) is 81.1 Å². The number of unbranched alkanes of at least 4 members (excludes halogenated alkanes) is 6. The molecule has 34 heavy (non-hydrogen) atoms. The zero-order valence-corrected chi connectivity index (χ0v) is 21.8. The van der Waals surface area contributed by atoms with E-state index < -0.39 is 16.0 Å². The maximum Gasteiger partial charge on any atom is 0.336 e. The minimum atomic E-state index is -3.80. The van der Waals surface area contributed by atoms with E-state index >= 15 is 0 Å². The largest absolute Gasteiger partial charge is 0.478 e. The molecule has 0 spiro atoms. The topological polar surface area (TPSA) is 74.7 Å². The predicted molar refractivity (Wildman–Crippen MR) is 136 cm³/mol. The molecule has 8 heteroatoms. The summed E-state index contributed by atoms with van der Waals surface area (Å²) in [6, 6.07) is 10.4. The highest BCUT2D eigenvalue weighted by atomic mass is 32.2. The van der Waals surface area contributed by atoms with Crippen molar-refractivity contribution < 1.29 is 22.7 Å². The lowest BCUT2D eigenvalue weighted by Crippen LogP contribution is -2.33. The van der Waals surface area contributed by atoms with Gasteiger partial charge in [0.25, 0.3) is 0 Å². The van der Waals surface area contributed by atoms with Gasteiger partial charge in [0.2, 0.25) is 10.0 Å². The second-order valence-corrected chi connectivity index (χ2v) is 11.4. The molecule has 0 aliphatic rings. The number of carbonyl (C=O) groups is 1. The van der Waals surface area contributed by atoms with Crippen LogP contribution in [-0.4, -0.2) is 36.9 Å². The van der Waals surface area contributed by atoms with Crippen LogP contribution in [0.15, 0.2) is 52.3 Å². The summed E-state index contributed by atoms with van der Waals surface area (Å²) in [5.74, 6) is -1.05. The summed E-state index contributed by atoms with van der Waals surface area (Å²) >= 11 is 1.29. The van der Waals surface area contributed by atoms with Crippen LogP contribution in [-0.2, 0) is 15.8 Å². The minimum absolute atomic E-state index is 0.0158. The Morgan fingerprint density at radius 1 is 0.912 bits per heavy atom. The fourth-order valence-electron chi connectivity index (χ4n) is 3.64. The average Bonchev–Trinajstić information content (AvgIpc) is 2.82. The van der Waals surface area contributed by atoms with Crippen molar-refractivity contribution in [3.63, 3.8) is 0 Å². The lowest BCUT2D eigenvalue weighted by atomic mass is 10.2. The molecular weight excluding hydrogens is 473 g/mol. The van der Waals surface area contributed by atoms with Crippen molar-refractivity contribution in [1.29, 1.82) is 0 Å². The Balaban J connectivity index is 2.22. The number of rotatable bonds is 16. The van der Waals surface area contributed by atoms with E-state index in [-0.39, 0.29) is 16.3 Å². The smallest absolute Gasteiger partial charge is 0.336 e. The number of sulfonamides is 1. The second-order valence-electron chi connectivity index (χ2n) is 8.40. The van der Waals surface area contributed by atoms with Gasteiger partial charge in [-0.05, 0) is 48.7 Å². The lowest BCUT2D eigenvalue weighted by molar-refractivity contribution is 0.0693. The van der Waals surface area contributed by atoms with Gasteiger partial charge < -0.3 is 5.11 Å². The van der Waals surface area contributed by atoms with Gasteiger partial charge in [0.1, 0.15) is 5.82 Å². The standard InChI is InChI=1S/C26H36FNO4S2/c1-3-5-7-9-17-28(18-10-8-6-4-2)34(31,32)23-15-16-25(24(19-23)26(29)30)33-20-21-11-13-22(27)14-12-21/h11-16,19H,3-10,17-18,20H2,1-2H3,(H,29,30). The van der Waals surface area contributed by atoms with Gasteiger partial charge >= 0.3 is 5.97 Å². The predicted octanol–water partition coefficient (Wildman–Crippen LogP) is 6.97. The van der Waals surface area contributed by atoms with Crippen LogP contribution in [0.5, 0.6) is 0 Å². The fraction of sp³-hybridized carbons (Fsp3) is 0.500. The minimum Gasteiger partial charge on any atom is -0.478 e. The first-order valence-corrected chi connectivity index (χ1v) is 14.5. The summed E-state index contributed by atoms with van der Waals surface area (Å²) in [5.41, 5.74) is 0.815. The summed E-state index contributed by atoms with van der Waals surface area (Å²) in [6.45, 7) is 5.11. The molecule has 0 aliphatic carbocycles. The Bertz CT molecular complexity index is 998. The highest BCUT2D eigenvalue weighted by molar-refractivity contribution is 7.98. The van der Waals surface area contributed by atoms with Crippen molar-refractivity contribution in [1.82, 2.24) is 4.31 Å². The van der Waals surface area contributed by atoms with Crippen LogP contribution < -0.4 is 0 Å². The van der Waals surface area contributed by atoms with Crippen molar-refractivity contribution in [3.05, 3.63) is 59.4 Å². The molecule has 2 aromatic rings. The molecule has 0 saturated heterocycles. The number of carboxylic acid groups (broad SMARTS) is 1. The normalized spacial score (nSPS) is 11.8. The van der Waals surface area contributed by atoms with E-state index in [0.717, 1.165) is 56.9 Å². The van der Waals surface area contributed by atoms with Gasteiger partial charge in [-0.25, -0.2) is 17.6 Å². The van der Waals surface area contributed by atoms with Crippen molar-refractivity contribution in [2.45, 2.75) is 80.8 Å². The second kappa shape index (κ2) is 14.5. The van der Waals surface area contributed by atoms with Gasteiger partial charge in [-0.2, -0.15) is 4.31 Å². The molecule has 0 unspecified atom stereocenters. The lowest BCUT2D eigenvalue weighted by Gasteiger charge is -2.23. The van der Waals surface area contributed by atoms with Crippen molar-refractivity contribution >= 4 is 27.8 Å². The Kier molecular flexibility index (Phi) is 12.1. The molecule has 188 valence electrons. The molecule has 0 aromatic heterocycles. The number of thioether (sulfide) groups is 1.